The zero-order valence-electron chi connectivity index (χ0n) is 20.8. The highest BCUT2D eigenvalue weighted by Gasteiger charge is 2.32. The molecule has 0 bridgehead atoms. The molecule has 0 spiro atoms. The van der Waals surface area contributed by atoms with Gasteiger partial charge in [0, 0.05) is 18.2 Å². The van der Waals surface area contributed by atoms with Crippen molar-refractivity contribution in [2.75, 3.05) is 0 Å². The van der Waals surface area contributed by atoms with Crippen LogP contribution in [0.15, 0.2) is 48.8 Å². The number of H-pyrrole nitrogens is 1. The van der Waals surface area contributed by atoms with Crippen molar-refractivity contribution >= 4 is 11.8 Å². The minimum atomic E-state index is -5.07. The molecule has 0 radical (unpaired) electrons. The quantitative estimate of drug-likeness (QED) is 0.294. The third-order valence-corrected chi connectivity index (χ3v) is 6.19. The summed E-state index contributed by atoms with van der Waals surface area (Å²) in [5, 5.41) is 12.4. The highest BCUT2D eigenvalue weighted by atomic mass is 19.4. The first-order valence-corrected chi connectivity index (χ1v) is 12.0. The van der Waals surface area contributed by atoms with Crippen molar-refractivity contribution < 1.29 is 31.9 Å². The normalized spacial score (nSPS) is 14.5. The molecule has 14 heteroatoms. The fraction of sp³-hybridized carbons (Fsp3) is 0.231. The summed E-state index contributed by atoms with van der Waals surface area (Å²) >= 11 is 0. The summed E-state index contributed by atoms with van der Waals surface area (Å²) in [4.78, 5) is 37.7. The van der Waals surface area contributed by atoms with Gasteiger partial charge in [0.25, 0.3) is 11.8 Å². The van der Waals surface area contributed by atoms with Crippen LogP contribution in [0.1, 0.15) is 56.0 Å². The number of rotatable bonds is 7. The van der Waals surface area contributed by atoms with Crippen LogP contribution < -0.4 is 15.4 Å². The molecule has 5 rings (SSSR count). The Morgan fingerprint density at radius 3 is 2.58 bits per heavy atom. The predicted octanol–water partition coefficient (Wildman–Crippen LogP) is 3.96. The number of ether oxygens (including phenoxy) is 1. The molecule has 0 saturated heterocycles. The van der Waals surface area contributed by atoms with E-state index in [2.05, 4.69) is 40.5 Å². The highest BCUT2D eigenvalue weighted by Crippen LogP contribution is 2.34. The highest BCUT2D eigenvalue weighted by molar-refractivity contribution is 5.97. The molecule has 3 N–H and O–H groups in total. The first kappa shape index (κ1) is 26.7. The SMILES string of the molecule is Cc1nc(-c2ccc3c(c2)CCC3NC(=O)c2cc(C(=O)NCc3ccc(F)c(OC(F)(F)F)c3)ncn2)n[nH]1. The van der Waals surface area contributed by atoms with Crippen molar-refractivity contribution in [1.29, 1.82) is 0 Å². The van der Waals surface area contributed by atoms with Crippen LogP contribution in [0, 0.1) is 12.7 Å². The number of amides is 2. The van der Waals surface area contributed by atoms with Crippen molar-refractivity contribution in [1.82, 2.24) is 35.8 Å². The van der Waals surface area contributed by atoms with E-state index in [0.29, 0.717) is 18.1 Å². The Kier molecular flexibility index (Phi) is 7.15. The zero-order valence-corrected chi connectivity index (χ0v) is 20.8. The van der Waals surface area contributed by atoms with Gasteiger partial charge in [-0.15, -0.1) is 13.2 Å². The summed E-state index contributed by atoms with van der Waals surface area (Å²) < 4.78 is 54.7. The molecule has 4 aromatic rings. The molecule has 2 amide bonds. The second-order valence-electron chi connectivity index (χ2n) is 9.01. The third-order valence-electron chi connectivity index (χ3n) is 6.19. The van der Waals surface area contributed by atoms with Gasteiger partial charge in [-0.3, -0.25) is 14.7 Å². The lowest BCUT2D eigenvalue weighted by Crippen LogP contribution is -2.29. The minimum Gasteiger partial charge on any atom is -0.403 e. The zero-order chi connectivity index (χ0) is 28.4. The molecule has 1 aliphatic carbocycles. The second kappa shape index (κ2) is 10.7. The van der Waals surface area contributed by atoms with Gasteiger partial charge in [-0.2, -0.15) is 5.10 Å². The van der Waals surface area contributed by atoms with E-state index in [9.17, 15) is 27.2 Å². The first-order valence-electron chi connectivity index (χ1n) is 12.0. The van der Waals surface area contributed by atoms with E-state index in [1.165, 1.54) is 12.1 Å². The Morgan fingerprint density at radius 1 is 1.07 bits per heavy atom. The number of carbonyl (C=O) groups excluding carboxylic acids is 2. The van der Waals surface area contributed by atoms with Gasteiger partial charge in [0.15, 0.2) is 17.4 Å². The Labute approximate surface area is 224 Å². The fourth-order valence-corrected chi connectivity index (χ4v) is 4.35. The number of aromatic amines is 1. The number of carbonyl (C=O) groups is 2. The number of aryl methyl sites for hydroxylation is 2. The summed E-state index contributed by atoms with van der Waals surface area (Å²) in [5.41, 5.74) is 2.88. The van der Waals surface area contributed by atoms with Crippen LogP contribution in [0.4, 0.5) is 17.6 Å². The van der Waals surface area contributed by atoms with E-state index < -0.39 is 29.7 Å². The van der Waals surface area contributed by atoms with Gasteiger partial charge >= 0.3 is 6.36 Å². The molecule has 2 aromatic heterocycles. The average Bonchev–Trinajstić information content (AvgIpc) is 3.54. The van der Waals surface area contributed by atoms with Gasteiger partial charge in [0.05, 0.1) is 6.04 Å². The Bertz CT molecular complexity index is 1590. The first-order chi connectivity index (χ1) is 19.1. The minimum absolute atomic E-state index is 0.0379. The summed E-state index contributed by atoms with van der Waals surface area (Å²) in [6.45, 7) is 1.57. The predicted molar refractivity (Wildman–Crippen MR) is 131 cm³/mol. The fourth-order valence-electron chi connectivity index (χ4n) is 4.35. The van der Waals surface area contributed by atoms with Crippen molar-refractivity contribution in [3.63, 3.8) is 0 Å². The smallest absolute Gasteiger partial charge is 0.403 e. The molecule has 0 fully saturated rings. The van der Waals surface area contributed by atoms with E-state index in [4.69, 9.17) is 0 Å². The molecule has 10 nitrogen and oxygen atoms in total. The molecule has 0 aliphatic heterocycles. The van der Waals surface area contributed by atoms with E-state index in [1.54, 1.807) is 0 Å². The van der Waals surface area contributed by atoms with Gasteiger partial charge in [-0.1, -0.05) is 18.2 Å². The van der Waals surface area contributed by atoms with Crippen LogP contribution in [0.2, 0.25) is 0 Å². The lowest BCUT2D eigenvalue weighted by molar-refractivity contribution is -0.275. The standard InChI is InChI=1S/C26H21F4N7O3/c1-13-34-23(37-36-13)16-3-5-17-15(9-16)4-7-19(17)35-25(39)21-10-20(32-12-33-21)24(38)31-11-14-2-6-18(27)22(8-14)40-26(28,29)30/h2-3,5-6,8-10,12,19H,4,7,11H2,1H3,(H,31,38)(H,35,39)(H,34,36,37). The van der Waals surface area contributed by atoms with Crippen molar-refractivity contribution in [2.45, 2.75) is 38.7 Å². The number of fused-ring (bicyclic) bond motifs is 1. The lowest BCUT2D eigenvalue weighted by atomic mass is 10.0. The molecular formula is C26H21F4N7O3. The third kappa shape index (κ3) is 6.06. The molecule has 40 heavy (non-hydrogen) atoms. The molecule has 0 saturated carbocycles. The van der Waals surface area contributed by atoms with E-state index in [0.717, 1.165) is 41.6 Å². The van der Waals surface area contributed by atoms with Gasteiger partial charge in [0.1, 0.15) is 23.5 Å². The van der Waals surface area contributed by atoms with Crippen molar-refractivity contribution in [3.05, 3.63) is 88.5 Å². The van der Waals surface area contributed by atoms with Gasteiger partial charge < -0.3 is 15.4 Å². The van der Waals surface area contributed by atoms with Gasteiger partial charge in [-0.05, 0) is 54.7 Å². The number of aromatic nitrogens is 5. The van der Waals surface area contributed by atoms with Crippen LogP contribution in [-0.4, -0.2) is 43.3 Å². The topological polar surface area (TPSA) is 135 Å². The maximum atomic E-state index is 13.6. The molecule has 2 aromatic carbocycles. The summed E-state index contributed by atoms with van der Waals surface area (Å²) in [6.07, 6.45) is -2.59. The molecule has 2 heterocycles. The molecule has 1 unspecified atom stereocenters. The van der Waals surface area contributed by atoms with Crippen LogP contribution in [0.5, 0.6) is 5.75 Å². The second-order valence-corrected chi connectivity index (χ2v) is 9.01. The van der Waals surface area contributed by atoms with Crippen molar-refractivity contribution in [2.24, 2.45) is 0 Å². The largest absolute Gasteiger partial charge is 0.573 e. The van der Waals surface area contributed by atoms with E-state index in [1.807, 2.05) is 25.1 Å². The average molecular weight is 555 g/mol. The molecular weight excluding hydrogens is 534 g/mol. The molecule has 1 aliphatic rings. The Hall–Kier alpha value is -4.88. The van der Waals surface area contributed by atoms with Crippen molar-refractivity contribution in [3.8, 4) is 17.1 Å². The summed E-state index contributed by atoms with van der Waals surface area (Å²) in [5.74, 6) is -2.13. The van der Waals surface area contributed by atoms with Crippen LogP contribution >= 0.6 is 0 Å². The summed E-state index contributed by atoms with van der Waals surface area (Å²) in [6, 6.07) is 9.58. The number of nitrogens with one attached hydrogen (secondary N) is 3. The van der Waals surface area contributed by atoms with E-state index in [-0.39, 0.29) is 29.5 Å². The summed E-state index contributed by atoms with van der Waals surface area (Å²) in [7, 11) is 0. The number of hydrogen-bond acceptors (Lipinski definition) is 7. The number of halogens is 4. The number of hydrogen-bond donors (Lipinski definition) is 3. The van der Waals surface area contributed by atoms with Crippen LogP contribution in [0.25, 0.3) is 11.4 Å². The monoisotopic (exact) mass is 555 g/mol. The van der Waals surface area contributed by atoms with Gasteiger partial charge in [0.2, 0.25) is 0 Å². The van der Waals surface area contributed by atoms with E-state index >= 15 is 0 Å². The molecule has 1 atom stereocenters. The Balaban J connectivity index is 1.22. The number of benzene rings is 2. The maximum absolute atomic E-state index is 13.6. The lowest BCUT2D eigenvalue weighted by Gasteiger charge is -2.14. The Morgan fingerprint density at radius 2 is 1.85 bits per heavy atom. The molecule has 206 valence electrons. The van der Waals surface area contributed by atoms with Gasteiger partial charge in [-0.25, -0.2) is 19.3 Å². The maximum Gasteiger partial charge on any atom is 0.573 e. The number of alkyl halides is 3. The van der Waals surface area contributed by atoms with Crippen LogP contribution in [-0.2, 0) is 13.0 Å². The number of nitrogens with zero attached hydrogens (tertiary/aromatic N) is 4. The van der Waals surface area contributed by atoms with Crippen LogP contribution in [0.3, 0.4) is 0 Å².